The van der Waals surface area contributed by atoms with E-state index in [0.717, 1.165) is 55.2 Å². The molecule has 0 amide bonds. The third kappa shape index (κ3) is 3.46. The third-order valence-corrected chi connectivity index (χ3v) is 10.1. The van der Waals surface area contributed by atoms with Crippen molar-refractivity contribution in [2.45, 2.75) is 67.1 Å². The van der Waals surface area contributed by atoms with E-state index in [1.165, 1.54) is 0 Å². The number of aromatic nitrogens is 4. The average Bonchev–Trinajstić information content (AvgIpc) is 3.00. The van der Waals surface area contributed by atoms with Gasteiger partial charge in [-0.15, -0.1) is 0 Å². The lowest BCUT2D eigenvalue weighted by atomic mass is 9.61. The van der Waals surface area contributed by atoms with Crippen molar-refractivity contribution in [2.75, 3.05) is 29.9 Å². The summed E-state index contributed by atoms with van der Waals surface area (Å²) in [6.45, 7) is 5.79. The molecule has 3 atom stereocenters. The van der Waals surface area contributed by atoms with E-state index >= 15 is 0 Å². The Labute approximate surface area is 201 Å². The van der Waals surface area contributed by atoms with Gasteiger partial charge in [0.25, 0.3) is 0 Å². The van der Waals surface area contributed by atoms with Gasteiger partial charge in [-0.1, -0.05) is 11.6 Å². The van der Waals surface area contributed by atoms with Gasteiger partial charge in [0, 0.05) is 37.8 Å². The quantitative estimate of drug-likeness (QED) is 0.662. The first-order chi connectivity index (χ1) is 15.8. The molecule has 0 aromatic carbocycles. The van der Waals surface area contributed by atoms with Gasteiger partial charge in [-0.3, -0.25) is 4.21 Å². The molecule has 2 bridgehead atoms. The van der Waals surface area contributed by atoms with Crippen LogP contribution in [-0.2, 0) is 17.2 Å². The van der Waals surface area contributed by atoms with Crippen molar-refractivity contribution in [2.24, 2.45) is 11.8 Å². The van der Waals surface area contributed by atoms with E-state index < -0.39 is 10.8 Å². The number of nitrogens with zero attached hydrogens (tertiary/aromatic N) is 5. The fraction of sp³-hybridized carbons (Fsp3) is 0.652. The van der Waals surface area contributed by atoms with Crippen LogP contribution in [0.25, 0.3) is 0 Å². The summed E-state index contributed by atoms with van der Waals surface area (Å²) in [4.78, 5) is 21.8. The average molecular weight is 489 g/mol. The smallest absolute Gasteiger partial charge is 0.227 e. The normalized spacial score (nSPS) is 30.8. The molecule has 5 heterocycles. The summed E-state index contributed by atoms with van der Waals surface area (Å²) in [5.41, 5.74) is 0.507. The van der Waals surface area contributed by atoms with E-state index in [0.29, 0.717) is 41.0 Å². The summed E-state index contributed by atoms with van der Waals surface area (Å²) in [7, 11) is -1.19. The second-order valence-corrected chi connectivity index (χ2v) is 13.2. The Bertz CT molecular complexity index is 1110. The molecule has 8 nitrogen and oxygen atoms in total. The zero-order valence-electron chi connectivity index (χ0n) is 18.9. The maximum absolute atomic E-state index is 13.3. The molecule has 2 saturated heterocycles. The molecule has 2 N–H and O–H groups in total. The molecule has 7 rings (SSSR count). The molecule has 176 valence electrons. The third-order valence-electron chi connectivity index (χ3n) is 7.95. The standard InChI is InChI=1S/C23H29ClN6O2S/c1-22(2)7-16-18(33(22)32)20(29-23(12-31)4-3-5-23)28-21(27-16)30-10-13-6-14(11-30)17(13)19-25-8-15(24)9-26-19/h8-9,13-14,17,31H,3-7,10-12H2,1-2H3,(H,27,28,29)/t13?,14?,17?,33-/m1/s1. The minimum absolute atomic E-state index is 0.0494. The fourth-order valence-corrected chi connectivity index (χ4v) is 7.44. The van der Waals surface area contributed by atoms with Gasteiger partial charge in [0.2, 0.25) is 5.95 Å². The van der Waals surface area contributed by atoms with Crippen LogP contribution in [0, 0.1) is 11.8 Å². The lowest BCUT2D eigenvalue weighted by molar-refractivity contribution is 0.104. The first-order valence-corrected chi connectivity index (χ1v) is 13.3. The molecular formula is C23H29ClN6O2S. The van der Waals surface area contributed by atoms with Gasteiger partial charge in [0.05, 0.1) is 38.4 Å². The van der Waals surface area contributed by atoms with E-state index in [2.05, 4.69) is 20.2 Å². The Morgan fingerprint density at radius 2 is 1.91 bits per heavy atom. The summed E-state index contributed by atoms with van der Waals surface area (Å²) in [5, 5.41) is 14.1. The topological polar surface area (TPSA) is 104 Å². The number of rotatable bonds is 5. The number of anilines is 2. The van der Waals surface area contributed by atoms with Crippen molar-refractivity contribution in [3.63, 3.8) is 0 Å². The molecule has 2 aromatic heterocycles. The van der Waals surface area contributed by atoms with Crippen molar-refractivity contribution >= 4 is 34.2 Å². The SMILES string of the molecule is CC1(C)Cc2nc(N3CC4CC(C3)C4c3ncc(Cl)cn3)nc(NC3(CO)CCC3)c2[S@]1=O. The first kappa shape index (κ1) is 21.7. The van der Waals surface area contributed by atoms with Crippen LogP contribution < -0.4 is 10.2 Å². The highest BCUT2D eigenvalue weighted by Gasteiger charge is 2.50. The molecule has 2 aromatic rings. The predicted octanol–water partition coefficient (Wildman–Crippen LogP) is 2.93. The molecule has 2 saturated carbocycles. The van der Waals surface area contributed by atoms with Gasteiger partial charge in [-0.25, -0.2) is 15.0 Å². The molecule has 4 fully saturated rings. The van der Waals surface area contributed by atoms with E-state index in [4.69, 9.17) is 21.6 Å². The van der Waals surface area contributed by atoms with Gasteiger partial charge in [0.15, 0.2) is 0 Å². The van der Waals surface area contributed by atoms with Gasteiger partial charge >= 0.3 is 0 Å². The van der Waals surface area contributed by atoms with E-state index in [1.807, 2.05) is 13.8 Å². The highest BCUT2D eigenvalue weighted by atomic mass is 35.5. The maximum atomic E-state index is 13.3. The van der Waals surface area contributed by atoms with Crippen molar-refractivity contribution in [1.82, 2.24) is 19.9 Å². The van der Waals surface area contributed by atoms with E-state index in [9.17, 15) is 9.32 Å². The highest BCUT2D eigenvalue weighted by Crippen LogP contribution is 2.51. The zero-order valence-corrected chi connectivity index (χ0v) is 20.5. The molecule has 2 aliphatic carbocycles. The minimum atomic E-state index is -1.19. The van der Waals surface area contributed by atoms with Crippen LogP contribution in [0.4, 0.5) is 11.8 Å². The highest BCUT2D eigenvalue weighted by molar-refractivity contribution is 7.87. The number of fused-ring (bicyclic) bond motifs is 3. The van der Waals surface area contributed by atoms with Crippen molar-refractivity contribution in [3.8, 4) is 0 Å². The van der Waals surface area contributed by atoms with Crippen LogP contribution in [0.3, 0.4) is 0 Å². The number of piperidine rings is 2. The Morgan fingerprint density at radius 3 is 2.52 bits per heavy atom. The molecule has 5 aliphatic rings. The first-order valence-electron chi connectivity index (χ1n) is 11.7. The maximum Gasteiger partial charge on any atom is 0.227 e. The zero-order chi connectivity index (χ0) is 23.0. The minimum Gasteiger partial charge on any atom is -0.394 e. The van der Waals surface area contributed by atoms with Crippen molar-refractivity contribution in [3.05, 3.63) is 28.9 Å². The monoisotopic (exact) mass is 488 g/mol. The summed E-state index contributed by atoms with van der Waals surface area (Å²) in [6, 6.07) is 0. The molecule has 0 spiro atoms. The Balaban J connectivity index is 1.30. The Morgan fingerprint density at radius 1 is 1.21 bits per heavy atom. The van der Waals surface area contributed by atoms with Gasteiger partial charge in [-0.2, -0.15) is 4.98 Å². The molecule has 33 heavy (non-hydrogen) atoms. The van der Waals surface area contributed by atoms with Gasteiger partial charge in [0.1, 0.15) is 16.5 Å². The number of halogens is 1. The Kier molecular flexibility index (Phi) is 4.98. The summed E-state index contributed by atoms with van der Waals surface area (Å²) >= 11 is 5.97. The summed E-state index contributed by atoms with van der Waals surface area (Å²) < 4.78 is 12.9. The summed E-state index contributed by atoms with van der Waals surface area (Å²) in [6.07, 6.45) is 8.04. The van der Waals surface area contributed by atoms with Crippen molar-refractivity contribution < 1.29 is 9.32 Å². The summed E-state index contributed by atoms with van der Waals surface area (Å²) in [5.74, 6) is 3.49. The lowest BCUT2D eigenvalue weighted by Gasteiger charge is -2.52. The van der Waals surface area contributed by atoms with Crippen LogP contribution in [0.15, 0.2) is 17.3 Å². The van der Waals surface area contributed by atoms with Crippen LogP contribution in [-0.4, -0.2) is 59.2 Å². The second-order valence-electron chi connectivity index (χ2n) is 10.7. The van der Waals surface area contributed by atoms with Crippen LogP contribution in [0.5, 0.6) is 0 Å². The van der Waals surface area contributed by atoms with Crippen LogP contribution in [0.2, 0.25) is 5.02 Å². The van der Waals surface area contributed by atoms with E-state index in [1.54, 1.807) is 12.4 Å². The van der Waals surface area contributed by atoms with E-state index in [-0.39, 0.29) is 16.9 Å². The fourth-order valence-electron chi connectivity index (χ4n) is 5.91. The molecule has 10 heteroatoms. The largest absolute Gasteiger partial charge is 0.394 e. The second kappa shape index (κ2) is 7.58. The molecule has 2 unspecified atom stereocenters. The lowest BCUT2D eigenvalue weighted by Crippen LogP contribution is -2.55. The predicted molar refractivity (Wildman–Crippen MR) is 127 cm³/mol. The van der Waals surface area contributed by atoms with Crippen molar-refractivity contribution in [1.29, 1.82) is 0 Å². The number of nitrogens with one attached hydrogen (secondary N) is 1. The van der Waals surface area contributed by atoms with Crippen LogP contribution >= 0.6 is 11.6 Å². The number of aliphatic hydroxyl groups excluding tert-OH is 1. The molecule has 0 radical (unpaired) electrons. The Hall–Kier alpha value is -1.84. The number of hydrogen-bond donors (Lipinski definition) is 2. The number of hydrogen-bond acceptors (Lipinski definition) is 8. The van der Waals surface area contributed by atoms with Gasteiger partial charge in [-0.05, 0) is 51.4 Å². The molecular weight excluding hydrogens is 460 g/mol. The van der Waals surface area contributed by atoms with Crippen LogP contribution in [0.1, 0.15) is 57.0 Å². The van der Waals surface area contributed by atoms with Gasteiger partial charge < -0.3 is 15.3 Å². The molecule has 3 aliphatic heterocycles. The number of aliphatic hydroxyl groups is 1.